The lowest BCUT2D eigenvalue weighted by atomic mass is 10.1. The summed E-state index contributed by atoms with van der Waals surface area (Å²) in [5, 5.41) is 2.41. The van der Waals surface area contributed by atoms with E-state index in [4.69, 9.17) is 9.47 Å². The van der Waals surface area contributed by atoms with Crippen LogP contribution in [0.1, 0.15) is 20.7 Å². The third-order valence-corrected chi connectivity index (χ3v) is 4.28. The number of hydrogen-bond donors (Lipinski definition) is 1. The highest BCUT2D eigenvalue weighted by molar-refractivity contribution is 6.08. The van der Waals surface area contributed by atoms with Crippen LogP contribution in [0.4, 0.5) is 24.5 Å². The maximum atomic E-state index is 13.4. The molecule has 1 amide bonds. The number of anilines is 2. The third kappa shape index (κ3) is 4.09. The molecular weight excluding hydrogens is 377 g/mol. The van der Waals surface area contributed by atoms with E-state index in [1.807, 2.05) is 4.90 Å². The Morgan fingerprint density at radius 1 is 1.07 bits per heavy atom. The number of benzene rings is 2. The van der Waals surface area contributed by atoms with Gasteiger partial charge in [-0.2, -0.15) is 0 Å². The number of nitrogens with zero attached hydrogens (tertiary/aromatic N) is 1. The lowest BCUT2D eigenvalue weighted by Crippen LogP contribution is -2.36. The minimum absolute atomic E-state index is 0.0721. The van der Waals surface area contributed by atoms with E-state index in [2.05, 4.69) is 5.32 Å². The van der Waals surface area contributed by atoms with Gasteiger partial charge in [0.05, 0.1) is 31.6 Å². The standard InChI is InChI=1S/C19H17F3N2O4/c1-27-19(26)13-10-12(24-4-6-28-7-5-24)2-3-16(13)23-18(25)11-8-14(20)17(22)15(21)9-11/h2-3,8-10H,4-7H2,1H3,(H,23,25). The van der Waals surface area contributed by atoms with Crippen molar-refractivity contribution in [2.75, 3.05) is 43.6 Å². The maximum absolute atomic E-state index is 13.4. The molecule has 3 rings (SSSR count). The molecule has 0 aliphatic carbocycles. The topological polar surface area (TPSA) is 67.9 Å². The molecule has 1 aliphatic rings. The lowest BCUT2D eigenvalue weighted by molar-refractivity contribution is 0.0602. The van der Waals surface area contributed by atoms with Gasteiger partial charge in [0.15, 0.2) is 17.5 Å². The van der Waals surface area contributed by atoms with Crippen LogP contribution in [0.3, 0.4) is 0 Å². The fraction of sp³-hybridized carbons (Fsp3) is 0.263. The average Bonchev–Trinajstić information content (AvgIpc) is 2.71. The first-order chi connectivity index (χ1) is 13.4. The molecule has 0 radical (unpaired) electrons. The van der Waals surface area contributed by atoms with Gasteiger partial charge in [0.2, 0.25) is 0 Å². The summed E-state index contributed by atoms with van der Waals surface area (Å²) in [4.78, 5) is 26.5. The van der Waals surface area contributed by atoms with E-state index in [1.54, 1.807) is 12.1 Å². The Kier molecular flexibility index (Phi) is 5.84. The molecule has 0 unspecified atom stereocenters. The zero-order valence-corrected chi connectivity index (χ0v) is 14.9. The summed E-state index contributed by atoms with van der Waals surface area (Å²) in [6.45, 7) is 2.38. The first-order valence-electron chi connectivity index (χ1n) is 8.41. The Balaban J connectivity index is 1.90. The molecule has 1 heterocycles. The lowest BCUT2D eigenvalue weighted by Gasteiger charge is -2.29. The normalized spacial score (nSPS) is 13.9. The average molecular weight is 394 g/mol. The zero-order chi connectivity index (χ0) is 20.3. The van der Waals surface area contributed by atoms with Crippen molar-refractivity contribution in [1.82, 2.24) is 0 Å². The van der Waals surface area contributed by atoms with Crippen LogP contribution >= 0.6 is 0 Å². The molecule has 1 N–H and O–H groups in total. The number of carbonyl (C=O) groups is 2. The SMILES string of the molecule is COC(=O)c1cc(N2CCOCC2)ccc1NC(=O)c1cc(F)c(F)c(F)c1. The Bertz CT molecular complexity index is 891. The van der Waals surface area contributed by atoms with Gasteiger partial charge < -0.3 is 19.7 Å². The number of nitrogens with one attached hydrogen (secondary N) is 1. The van der Waals surface area contributed by atoms with Gasteiger partial charge >= 0.3 is 5.97 Å². The first-order valence-corrected chi connectivity index (χ1v) is 8.41. The van der Waals surface area contributed by atoms with Gasteiger partial charge in [-0.05, 0) is 30.3 Å². The second-order valence-electron chi connectivity index (χ2n) is 6.03. The monoisotopic (exact) mass is 394 g/mol. The second kappa shape index (κ2) is 8.30. The van der Waals surface area contributed by atoms with Gasteiger partial charge in [-0.25, -0.2) is 18.0 Å². The van der Waals surface area contributed by atoms with Crippen molar-refractivity contribution < 1.29 is 32.2 Å². The summed E-state index contributed by atoms with van der Waals surface area (Å²) in [5.41, 5.74) is 0.479. The van der Waals surface area contributed by atoms with Gasteiger partial charge in [-0.3, -0.25) is 4.79 Å². The fourth-order valence-electron chi connectivity index (χ4n) is 2.82. The van der Waals surface area contributed by atoms with E-state index >= 15 is 0 Å². The number of carbonyl (C=O) groups excluding carboxylic acids is 2. The predicted molar refractivity (Wildman–Crippen MR) is 95.1 cm³/mol. The summed E-state index contributed by atoms with van der Waals surface area (Å²) in [7, 11) is 1.19. The van der Waals surface area contributed by atoms with E-state index in [1.165, 1.54) is 13.2 Å². The van der Waals surface area contributed by atoms with E-state index in [0.717, 1.165) is 5.69 Å². The number of hydrogen-bond acceptors (Lipinski definition) is 5. The Labute approximate surface area is 158 Å². The number of rotatable bonds is 4. The Morgan fingerprint density at radius 3 is 2.32 bits per heavy atom. The molecule has 28 heavy (non-hydrogen) atoms. The number of amides is 1. The van der Waals surface area contributed by atoms with Crippen LogP contribution in [-0.4, -0.2) is 45.3 Å². The number of methoxy groups -OCH3 is 1. The molecule has 1 saturated heterocycles. The zero-order valence-electron chi connectivity index (χ0n) is 14.9. The van der Waals surface area contributed by atoms with E-state index in [-0.39, 0.29) is 11.3 Å². The number of morpholine rings is 1. The third-order valence-electron chi connectivity index (χ3n) is 4.28. The van der Waals surface area contributed by atoms with Gasteiger partial charge in [0.25, 0.3) is 5.91 Å². The molecule has 1 aliphatic heterocycles. The van der Waals surface area contributed by atoms with Crippen LogP contribution in [0.2, 0.25) is 0 Å². The highest BCUT2D eigenvalue weighted by atomic mass is 19.2. The Hall–Kier alpha value is -3.07. The van der Waals surface area contributed by atoms with E-state index in [9.17, 15) is 22.8 Å². The highest BCUT2D eigenvalue weighted by Crippen LogP contribution is 2.26. The molecule has 2 aromatic rings. The van der Waals surface area contributed by atoms with Crippen LogP contribution in [0.5, 0.6) is 0 Å². The Morgan fingerprint density at radius 2 is 1.71 bits per heavy atom. The van der Waals surface area contributed by atoms with Crippen LogP contribution in [0.25, 0.3) is 0 Å². The van der Waals surface area contributed by atoms with Crippen molar-refractivity contribution in [1.29, 1.82) is 0 Å². The van der Waals surface area contributed by atoms with Crippen molar-refractivity contribution in [3.05, 3.63) is 58.9 Å². The maximum Gasteiger partial charge on any atom is 0.340 e. The summed E-state index contributed by atoms with van der Waals surface area (Å²) in [5.74, 6) is -6.23. The van der Waals surface area contributed by atoms with E-state index < -0.39 is 34.9 Å². The molecule has 0 atom stereocenters. The van der Waals surface area contributed by atoms with Gasteiger partial charge in [-0.15, -0.1) is 0 Å². The van der Waals surface area contributed by atoms with Crippen molar-refractivity contribution in [2.24, 2.45) is 0 Å². The van der Waals surface area contributed by atoms with Crippen LogP contribution in [0, 0.1) is 17.5 Å². The summed E-state index contributed by atoms with van der Waals surface area (Å²) < 4.78 is 49.9. The van der Waals surface area contributed by atoms with Crippen molar-refractivity contribution in [2.45, 2.75) is 0 Å². The quantitative estimate of drug-likeness (QED) is 0.638. The number of halogens is 3. The van der Waals surface area contributed by atoms with Crippen molar-refractivity contribution in [3.63, 3.8) is 0 Å². The van der Waals surface area contributed by atoms with Gasteiger partial charge in [-0.1, -0.05) is 0 Å². The molecule has 0 spiro atoms. The first kappa shape index (κ1) is 19.7. The molecule has 9 heteroatoms. The molecular formula is C19H17F3N2O4. The van der Waals surface area contributed by atoms with Crippen LogP contribution in [0.15, 0.2) is 30.3 Å². The number of ether oxygens (including phenoxy) is 2. The van der Waals surface area contributed by atoms with Crippen LogP contribution in [-0.2, 0) is 9.47 Å². The highest BCUT2D eigenvalue weighted by Gasteiger charge is 2.20. The fourth-order valence-corrected chi connectivity index (χ4v) is 2.82. The number of esters is 1. The van der Waals surface area contributed by atoms with Crippen molar-refractivity contribution in [3.8, 4) is 0 Å². The van der Waals surface area contributed by atoms with Gasteiger partial charge in [0.1, 0.15) is 0 Å². The summed E-state index contributed by atoms with van der Waals surface area (Å²) >= 11 is 0. The van der Waals surface area contributed by atoms with E-state index in [0.29, 0.717) is 38.4 Å². The molecule has 0 aromatic heterocycles. The summed E-state index contributed by atoms with van der Waals surface area (Å²) in [6, 6.07) is 5.89. The smallest absolute Gasteiger partial charge is 0.340 e. The summed E-state index contributed by atoms with van der Waals surface area (Å²) in [6.07, 6.45) is 0. The predicted octanol–water partition coefficient (Wildman–Crippen LogP) is 2.98. The minimum Gasteiger partial charge on any atom is -0.465 e. The molecule has 1 fully saturated rings. The molecule has 0 bridgehead atoms. The minimum atomic E-state index is -1.67. The molecule has 2 aromatic carbocycles. The van der Waals surface area contributed by atoms with Crippen LogP contribution < -0.4 is 10.2 Å². The second-order valence-corrected chi connectivity index (χ2v) is 6.03. The van der Waals surface area contributed by atoms with Crippen molar-refractivity contribution >= 4 is 23.3 Å². The largest absolute Gasteiger partial charge is 0.465 e. The molecule has 0 saturated carbocycles. The van der Waals surface area contributed by atoms with Gasteiger partial charge in [0, 0.05) is 24.3 Å². The molecule has 148 valence electrons. The molecule has 6 nitrogen and oxygen atoms in total.